The van der Waals surface area contributed by atoms with Crippen molar-refractivity contribution in [2.75, 3.05) is 49.7 Å². The maximum atomic E-state index is 12.5. The minimum Gasteiger partial charge on any atom is -0.381 e. The zero-order valence-corrected chi connectivity index (χ0v) is 15.5. The van der Waals surface area contributed by atoms with Gasteiger partial charge in [0.1, 0.15) is 0 Å². The van der Waals surface area contributed by atoms with E-state index in [1.165, 1.54) is 11.3 Å². The number of nitrogens with one attached hydrogen (secondary N) is 1. The van der Waals surface area contributed by atoms with E-state index in [2.05, 4.69) is 15.2 Å². The number of carbonyl (C=O) groups is 1. The van der Waals surface area contributed by atoms with Gasteiger partial charge in [-0.2, -0.15) is 0 Å². The average Bonchev–Trinajstić information content (AvgIpc) is 3.18. The highest BCUT2D eigenvalue weighted by Gasteiger charge is 2.19. The normalized spacial score (nSPS) is 18.7. The fourth-order valence-corrected chi connectivity index (χ4v) is 4.13. The number of carbonyl (C=O) groups excluding carboxylic acids is 1. The highest BCUT2D eigenvalue weighted by molar-refractivity contribution is 7.14. The molecule has 1 aromatic heterocycles. The van der Waals surface area contributed by atoms with E-state index in [4.69, 9.17) is 9.47 Å². The molecule has 0 radical (unpaired) electrons. The highest BCUT2D eigenvalue weighted by atomic mass is 32.1. The van der Waals surface area contributed by atoms with Crippen molar-refractivity contribution in [1.82, 2.24) is 4.98 Å². The largest absolute Gasteiger partial charge is 0.381 e. The Morgan fingerprint density at radius 3 is 2.50 bits per heavy atom. The van der Waals surface area contributed by atoms with Gasteiger partial charge in [0.25, 0.3) is 5.91 Å². The summed E-state index contributed by atoms with van der Waals surface area (Å²) in [6.07, 6.45) is 2.00. The molecule has 26 heavy (non-hydrogen) atoms. The highest BCUT2D eigenvalue weighted by Crippen LogP contribution is 2.29. The third-order valence-corrected chi connectivity index (χ3v) is 5.66. The van der Waals surface area contributed by atoms with Crippen molar-refractivity contribution < 1.29 is 14.3 Å². The molecule has 138 valence electrons. The SMILES string of the molecule is O=C(Nc1nc(C2CCOCC2)cs1)c1ccc(N2CCOCC2)cc1. The molecule has 2 aliphatic rings. The number of benzene rings is 1. The number of ether oxygens (including phenoxy) is 2. The summed E-state index contributed by atoms with van der Waals surface area (Å²) in [5.41, 5.74) is 2.84. The maximum absolute atomic E-state index is 12.5. The Labute approximate surface area is 157 Å². The summed E-state index contributed by atoms with van der Waals surface area (Å²) in [4.78, 5) is 19.4. The van der Waals surface area contributed by atoms with E-state index in [9.17, 15) is 4.79 Å². The molecule has 0 spiro atoms. The van der Waals surface area contributed by atoms with Crippen molar-refractivity contribution in [2.45, 2.75) is 18.8 Å². The minimum absolute atomic E-state index is 0.119. The molecular weight excluding hydrogens is 350 g/mol. The first-order valence-corrected chi connectivity index (χ1v) is 9.95. The van der Waals surface area contributed by atoms with Crippen molar-refractivity contribution in [2.24, 2.45) is 0 Å². The fourth-order valence-electron chi connectivity index (χ4n) is 3.34. The van der Waals surface area contributed by atoms with Gasteiger partial charge in [0.05, 0.1) is 18.9 Å². The molecule has 2 aliphatic heterocycles. The average molecular weight is 373 g/mol. The maximum Gasteiger partial charge on any atom is 0.257 e. The van der Waals surface area contributed by atoms with Crippen LogP contribution in [-0.4, -0.2) is 50.4 Å². The Morgan fingerprint density at radius 2 is 1.77 bits per heavy atom. The Hall–Kier alpha value is -1.96. The summed E-state index contributed by atoms with van der Waals surface area (Å²) in [6, 6.07) is 7.73. The van der Waals surface area contributed by atoms with Crippen molar-refractivity contribution in [1.29, 1.82) is 0 Å². The van der Waals surface area contributed by atoms with Gasteiger partial charge < -0.3 is 14.4 Å². The van der Waals surface area contributed by atoms with Gasteiger partial charge >= 0.3 is 0 Å². The third kappa shape index (κ3) is 4.06. The van der Waals surface area contributed by atoms with Gasteiger partial charge in [-0.25, -0.2) is 4.98 Å². The second-order valence-corrected chi connectivity index (χ2v) is 7.42. The van der Waals surface area contributed by atoms with E-state index in [-0.39, 0.29) is 5.91 Å². The number of anilines is 2. The predicted octanol–water partition coefficient (Wildman–Crippen LogP) is 3.13. The number of hydrogen-bond donors (Lipinski definition) is 1. The molecule has 0 unspecified atom stereocenters. The third-order valence-electron chi connectivity index (χ3n) is 4.89. The van der Waals surface area contributed by atoms with E-state index >= 15 is 0 Å². The second kappa shape index (κ2) is 8.16. The van der Waals surface area contributed by atoms with E-state index in [1.807, 2.05) is 29.6 Å². The second-order valence-electron chi connectivity index (χ2n) is 6.56. The summed E-state index contributed by atoms with van der Waals surface area (Å²) in [5, 5.41) is 5.63. The summed E-state index contributed by atoms with van der Waals surface area (Å²) in [5.74, 6) is 0.324. The quantitative estimate of drug-likeness (QED) is 0.892. The van der Waals surface area contributed by atoms with Gasteiger partial charge in [-0.15, -0.1) is 11.3 Å². The molecule has 2 saturated heterocycles. The molecule has 0 saturated carbocycles. The summed E-state index contributed by atoms with van der Waals surface area (Å²) >= 11 is 1.49. The molecule has 4 rings (SSSR count). The summed E-state index contributed by atoms with van der Waals surface area (Å²) in [6.45, 7) is 4.86. The number of nitrogens with zero attached hydrogens (tertiary/aromatic N) is 2. The number of hydrogen-bond acceptors (Lipinski definition) is 6. The van der Waals surface area contributed by atoms with Gasteiger partial charge in [-0.1, -0.05) is 0 Å². The molecule has 7 heteroatoms. The first kappa shape index (κ1) is 17.5. The Morgan fingerprint density at radius 1 is 1.08 bits per heavy atom. The van der Waals surface area contributed by atoms with E-state index in [0.717, 1.165) is 63.7 Å². The topological polar surface area (TPSA) is 63.7 Å². The van der Waals surface area contributed by atoms with Crippen LogP contribution in [0.15, 0.2) is 29.6 Å². The lowest BCUT2D eigenvalue weighted by atomic mass is 9.98. The Bertz CT molecular complexity index is 735. The van der Waals surface area contributed by atoms with Crippen LogP contribution in [0.25, 0.3) is 0 Å². The fraction of sp³-hybridized carbons (Fsp3) is 0.474. The molecule has 2 aromatic rings. The van der Waals surface area contributed by atoms with Crippen LogP contribution < -0.4 is 10.2 Å². The number of aromatic nitrogens is 1. The van der Waals surface area contributed by atoms with Crippen molar-refractivity contribution >= 4 is 28.1 Å². The zero-order valence-electron chi connectivity index (χ0n) is 14.6. The number of amides is 1. The van der Waals surface area contributed by atoms with E-state index < -0.39 is 0 Å². The molecule has 3 heterocycles. The van der Waals surface area contributed by atoms with Crippen molar-refractivity contribution in [3.63, 3.8) is 0 Å². The Kier molecular flexibility index (Phi) is 5.48. The lowest BCUT2D eigenvalue weighted by Gasteiger charge is -2.28. The van der Waals surface area contributed by atoms with Crippen LogP contribution >= 0.6 is 11.3 Å². The smallest absolute Gasteiger partial charge is 0.257 e. The summed E-state index contributed by atoms with van der Waals surface area (Å²) < 4.78 is 10.8. The van der Waals surface area contributed by atoms with Crippen molar-refractivity contribution in [3.05, 3.63) is 40.9 Å². The number of morpholine rings is 1. The lowest BCUT2D eigenvalue weighted by molar-refractivity contribution is 0.0846. The van der Waals surface area contributed by atoms with Gasteiger partial charge in [0.2, 0.25) is 0 Å². The molecule has 1 aromatic carbocycles. The number of thiazole rings is 1. The van der Waals surface area contributed by atoms with Crippen LogP contribution in [0.4, 0.5) is 10.8 Å². The van der Waals surface area contributed by atoms with Crippen LogP contribution in [0.3, 0.4) is 0 Å². The molecule has 1 amide bonds. The zero-order chi connectivity index (χ0) is 17.8. The van der Waals surface area contributed by atoms with Gasteiger partial charge in [0.15, 0.2) is 5.13 Å². The van der Waals surface area contributed by atoms with Crippen LogP contribution in [0, 0.1) is 0 Å². The standard InChI is InChI=1S/C19H23N3O3S/c23-18(15-1-3-16(4-2-15)22-7-11-25-12-8-22)21-19-20-17(13-26-19)14-5-9-24-10-6-14/h1-4,13-14H,5-12H2,(H,20,21,23). The van der Waals surface area contributed by atoms with Crippen molar-refractivity contribution in [3.8, 4) is 0 Å². The van der Waals surface area contributed by atoms with Gasteiger partial charge in [0, 0.05) is 48.9 Å². The molecule has 1 N–H and O–H groups in total. The molecular formula is C19H23N3O3S. The molecule has 0 aliphatic carbocycles. The summed E-state index contributed by atoms with van der Waals surface area (Å²) in [7, 11) is 0. The van der Waals surface area contributed by atoms with Gasteiger partial charge in [-0.05, 0) is 37.1 Å². The molecule has 2 fully saturated rings. The first-order chi connectivity index (χ1) is 12.8. The van der Waals surface area contributed by atoms with Crippen LogP contribution in [0.1, 0.15) is 34.8 Å². The first-order valence-electron chi connectivity index (χ1n) is 9.07. The predicted molar refractivity (Wildman–Crippen MR) is 102 cm³/mol. The van der Waals surface area contributed by atoms with Crippen LogP contribution in [-0.2, 0) is 9.47 Å². The monoisotopic (exact) mass is 373 g/mol. The molecule has 6 nitrogen and oxygen atoms in total. The van der Waals surface area contributed by atoms with E-state index in [1.54, 1.807) is 0 Å². The van der Waals surface area contributed by atoms with E-state index in [0.29, 0.717) is 16.6 Å². The molecule has 0 bridgehead atoms. The minimum atomic E-state index is -0.119. The lowest BCUT2D eigenvalue weighted by Crippen LogP contribution is -2.36. The van der Waals surface area contributed by atoms with Crippen LogP contribution in [0.2, 0.25) is 0 Å². The Balaban J connectivity index is 1.37. The number of rotatable bonds is 4. The molecule has 0 atom stereocenters. The van der Waals surface area contributed by atoms with Crippen LogP contribution in [0.5, 0.6) is 0 Å². The van der Waals surface area contributed by atoms with Gasteiger partial charge in [-0.3, -0.25) is 10.1 Å².